The van der Waals surface area contributed by atoms with Crippen molar-refractivity contribution in [1.82, 2.24) is 4.90 Å². The van der Waals surface area contributed by atoms with Crippen molar-refractivity contribution in [1.29, 1.82) is 0 Å². The van der Waals surface area contributed by atoms with Gasteiger partial charge < -0.3 is 9.62 Å². The summed E-state index contributed by atoms with van der Waals surface area (Å²) in [4.78, 5) is 2.28. The zero-order chi connectivity index (χ0) is 18.9. The number of nitrogens with zero attached hydrogens (tertiary/aromatic N) is 1. The van der Waals surface area contributed by atoms with Crippen LogP contribution in [-0.4, -0.2) is 30.4 Å². The second-order valence-corrected chi connectivity index (χ2v) is 7.89. The highest BCUT2D eigenvalue weighted by molar-refractivity contribution is 8.00. The van der Waals surface area contributed by atoms with Gasteiger partial charge in [-0.05, 0) is 72.4 Å². The van der Waals surface area contributed by atoms with Crippen molar-refractivity contribution in [2.45, 2.75) is 25.6 Å². The normalized spacial score (nSPS) is 17.8. The number of anilines is 1. The predicted molar refractivity (Wildman–Crippen MR) is 103 cm³/mol. The first-order valence-electron chi connectivity index (χ1n) is 8.25. The molecule has 1 aliphatic rings. The molecule has 7 heteroatoms. The maximum absolute atomic E-state index is 12.2. The minimum atomic E-state index is -4.18. The zero-order valence-corrected chi connectivity index (χ0v) is 16.1. The Kier molecular flexibility index (Phi) is 5.75. The lowest BCUT2D eigenvalue weighted by atomic mass is 9.83. The number of halogens is 4. The van der Waals surface area contributed by atoms with Crippen molar-refractivity contribution in [2.24, 2.45) is 0 Å². The van der Waals surface area contributed by atoms with Gasteiger partial charge in [-0.2, -0.15) is 13.2 Å². The van der Waals surface area contributed by atoms with Crippen LogP contribution in [0.2, 0.25) is 5.02 Å². The second kappa shape index (κ2) is 7.71. The molecule has 2 aromatic carbocycles. The Bertz CT molecular complexity index is 778. The standard InChI is InChI=1S/C19H20ClF3N2S/c1-12-7-14(20)8-16-17(12)9-25(2)10-18(16)13-3-5-15(6-4-13)24-26-11-19(21,22)23/h3-8,18,24H,9-11H2,1-2H3. The van der Waals surface area contributed by atoms with Crippen LogP contribution in [-0.2, 0) is 6.54 Å². The van der Waals surface area contributed by atoms with Crippen molar-refractivity contribution < 1.29 is 13.2 Å². The van der Waals surface area contributed by atoms with Crippen LogP contribution < -0.4 is 4.72 Å². The fourth-order valence-electron chi connectivity index (χ4n) is 3.34. The third-order valence-corrected chi connectivity index (χ3v) is 5.58. The van der Waals surface area contributed by atoms with Crippen LogP contribution in [0.5, 0.6) is 0 Å². The van der Waals surface area contributed by atoms with Crippen LogP contribution in [0.4, 0.5) is 18.9 Å². The van der Waals surface area contributed by atoms with E-state index in [1.165, 1.54) is 16.7 Å². The van der Waals surface area contributed by atoms with Gasteiger partial charge in [-0.15, -0.1) is 0 Å². The Hall–Kier alpha value is -1.37. The Balaban J connectivity index is 1.80. The van der Waals surface area contributed by atoms with E-state index in [9.17, 15) is 13.2 Å². The number of fused-ring (bicyclic) bond motifs is 1. The molecule has 0 saturated carbocycles. The van der Waals surface area contributed by atoms with E-state index in [1.807, 2.05) is 36.4 Å². The molecule has 0 fully saturated rings. The Morgan fingerprint density at radius 3 is 2.58 bits per heavy atom. The van der Waals surface area contributed by atoms with Crippen molar-refractivity contribution in [3.63, 3.8) is 0 Å². The minimum absolute atomic E-state index is 0.193. The average Bonchev–Trinajstić information content (AvgIpc) is 2.54. The van der Waals surface area contributed by atoms with Gasteiger partial charge in [-0.3, -0.25) is 0 Å². The number of aryl methyl sites for hydroxylation is 1. The fourth-order valence-corrected chi connectivity index (χ4v) is 4.16. The molecule has 26 heavy (non-hydrogen) atoms. The molecule has 0 aliphatic carbocycles. The topological polar surface area (TPSA) is 15.3 Å². The monoisotopic (exact) mass is 400 g/mol. The van der Waals surface area contributed by atoms with Crippen LogP contribution >= 0.6 is 23.5 Å². The third-order valence-electron chi connectivity index (χ3n) is 4.51. The summed E-state index contributed by atoms with van der Waals surface area (Å²) in [5, 5.41) is 0.734. The molecule has 0 bridgehead atoms. The molecule has 0 radical (unpaired) electrons. The predicted octanol–water partition coefficient (Wildman–Crippen LogP) is 5.85. The van der Waals surface area contributed by atoms with Crippen molar-refractivity contribution in [3.8, 4) is 0 Å². The first-order valence-corrected chi connectivity index (χ1v) is 9.61. The molecule has 3 rings (SSSR count). The lowest BCUT2D eigenvalue weighted by molar-refractivity contribution is -0.105. The molecular weight excluding hydrogens is 381 g/mol. The van der Waals surface area contributed by atoms with Crippen LogP contribution in [0, 0.1) is 6.92 Å². The third kappa shape index (κ3) is 4.67. The van der Waals surface area contributed by atoms with Crippen molar-refractivity contribution >= 4 is 29.2 Å². The maximum Gasteiger partial charge on any atom is 0.399 e. The number of likely N-dealkylation sites (N-methyl/N-ethyl adjacent to an activating group) is 1. The molecule has 1 atom stereocenters. The molecule has 1 aliphatic heterocycles. The Morgan fingerprint density at radius 1 is 1.23 bits per heavy atom. The maximum atomic E-state index is 12.2. The molecule has 140 valence electrons. The van der Waals surface area contributed by atoms with E-state index in [0.29, 0.717) is 17.6 Å². The lowest BCUT2D eigenvalue weighted by Crippen LogP contribution is -2.31. The highest BCUT2D eigenvalue weighted by Crippen LogP contribution is 2.37. The van der Waals surface area contributed by atoms with Crippen molar-refractivity contribution in [3.05, 3.63) is 63.7 Å². The number of nitrogens with one attached hydrogen (secondary N) is 1. The number of hydrogen-bond donors (Lipinski definition) is 1. The van der Waals surface area contributed by atoms with E-state index >= 15 is 0 Å². The van der Waals surface area contributed by atoms with Crippen LogP contribution in [0.3, 0.4) is 0 Å². The van der Waals surface area contributed by atoms with Gasteiger partial charge in [0.25, 0.3) is 0 Å². The van der Waals surface area contributed by atoms with E-state index in [2.05, 4.69) is 23.6 Å². The molecular formula is C19H20ClF3N2S. The minimum Gasteiger partial charge on any atom is -0.329 e. The molecule has 1 unspecified atom stereocenters. The van der Waals surface area contributed by atoms with Gasteiger partial charge in [0, 0.05) is 29.7 Å². The van der Waals surface area contributed by atoms with E-state index in [-0.39, 0.29) is 5.92 Å². The summed E-state index contributed by atoms with van der Waals surface area (Å²) in [6.45, 7) is 3.84. The first kappa shape index (κ1) is 19.4. The lowest BCUT2D eigenvalue weighted by Gasteiger charge is -2.34. The summed E-state index contributed by atoms with van der Waals surface area (Å²) in [5.41, 5.74) is 5.52. The van der Waals surface area contributed by atoms with Crippen LogP contribution in [0.25, 0.3) is 0 Å². The fraction of sp³-hybridized carbons (Fsp3) is 0.368. The Labute approximate surface area is 160 Å². The molecule has 1 N–H and O–H groups in total. The SMILES string of the molecule is Cc1cc(Cl)cc2c1CN(C)CC2c1ccc(NSCC(F)(F)F)cc1. The van der Waals surface area contributed by atoms with Gasteiger partial charge in [0.05, 0.1) is 0 Å². The summed E-state index contributed by atoms with van der Waals surface area (Å²) in [7, 11) is 2.09. The molecule has 2 nitrogen and oxygen atoms in total. The number of hydrogen-bond acceptors (Lipinski definition) is 3. The van der Waals surface area contributed by atoms with Crippen LogP contribution in [0.15, 0.2) is 36.4 Å². The molecule has 2 aromatic rings. The summed E-state index contributed by atoms with van der Waals surface area (Å²) in [6, 6.07) is 11.6. The van der Waals surface area contributed by atoms with E-state index in [1.54, 1.807) is 0 Å². The van der Waals surface area contributed by atoms with E-state index in [0.717, 1.165) is 23.7 Å². The molecule has 0 saturated heterocycles. The zero-order valence-electron chi connectivity index (χ0n) is 14.5. The number of alkyl halides is 3. The average molecular weight is 401 g/mol. The van der Waals surface area contributed by atoms with Gasteiger partial charge in [-0.1, -0.05) is 23.7 Å². The van der Waals surface area contributed by atoms with Crippen molar-refractivity contribution in [2.75, 3.05) is 24.1 Å². The number of rotatable bonds is 4. The summed E-state index contributed by atoms with van der Waals surface area (Å²) in [5.74, 6) is -0.731. The summed E-state index contributed by atoms with van der Waals surface area (Å²) >= 11 is 6.92. The van der Waals surface area contributed by atoms with Gasteiger partial charge in [-0.25, -0.2) is 0 Å². The molecule has 0 amide bonds. The highest BCUT2D eigenvalue weighted by Gasteiger charge is 2.28. The second-order valence-electron chi connectivity index (χ2n) is 6.67. The van der Waals surface area contributed by atoms with Crippen LogP contribution in [0.1, 0.15) is 28.2 Å². The van der Waals surface area contributed by atoms with Gasteiger partial charge in [0.1, 0.15) is 5.75 Å². The number of benzene rings is 2. The largest absolute Gasteiger partial charge is 0.399 e. The highest BCUT2D eigenvalue weighted by atomic mass is 35.5. The summed E-state index contributed by atoms with van der Waals surface area (Å²) < 4.78 is 39.4. The Morgan fingerprint density at radius 2 is 1.92 bits per heavy atom. The first-order chi connectivity index (χ1) is 12.2. The van der Waals surface area contributed by atoms with Gasteiger partial charge in [0.2, 0.25) is 0 Å². The summed E-state index contributed by atoms with van der Waals surface area (Å²) in [6.07, 6.45) is -4.18. The smallest absolute Gasteiger partial charge is 0.329 e. The van der Waals surface area contributed by atoms with Gasteiger partial charge >= 0.3 is 6.18 Å². The quantitative estimate of drug-likeness (QED) is 0.648. The van der Waals surface area contributed by atoms with Gasteiger partial charge in [0.15, 0.2) is 0 Å². The van der Waals surface area contributed by atoms with E-state index in [4.69, 9.17) is 11.6 Å². The molecule has 0 spiro atoms. The molecule has 0 aromatic heterocycles. The molecule has 1 heterocycles. The van der Waals surface area contributed by atoms with E-state index < -0.39 is 11.9 Å².